The maximum atomic E-state index is 11.6. The van der Waals surface area contributed by atoms with Gasteiger partial charge in [0.05, 0.1) is 12.1 Å². The third kappa shape index (κ3) is 3.09. The summed E-state index contributed by atoms with van der Waals surface area (Å²) in [6.07, 6.45) is 0.527. The van der Waals surface area contributed by atoms with Gasteiger partial charge in [-0.3, -0.25) is 4.79 Å². The molecule has 0 aromatic rings. The lowest BCUT2D eigenvalue weighted by atomic mass is 10.1. The molecule has 0 radical (unpaired) electrons. The van der Waals surface area contributed by atoms with E-state index in [-0.39, 0.29) is 19.1 Å². The first kappa shape index (κ1) is 11.8. The molecule has 1 fully saturated rings. The summed E-state index contributed by atoms with van der Waals surface area (Å²) in [4.78, 5) is 24.6. The number of carbonyl (C=O) groups is 2. The van der Waals surface area contributed by atoms with Gasteiger partial charge in [-0.1, -0.05) is 0 Å². The molecule has 86 valence electrons. The third-order valence-corrected chi connectivity index (χ3v) is 2.42. The number of amides is 2. The van der Waals surface area contributed by atoms with E-state index in [1.54, 1.807) is 6.92 Å². The third-order valence-electron chi connectivity index (χ3n) is 2.42. The molecule has 0 bridgehead atoms. The number of aliphatic carboxylic acids is 1. The quantitative estimate of drug-likeness (QED) is 0.657. The number of rotatable bonds is 2. The number of aliphatic hydroxyl groups is 1. The zero-order chi connectivity index (χ0) is 11.6. The average molecular weight is 216 g/mol. The van der Waals surface area contributed by atoms with Crippen LogP contribution in [0.3, 0.4) is 0 Å². The molecule has 1 atom stereocenters. The van der Waals surface area contributed by atoms with Crippen molar-refractivity contribution in [2.24, 2.45) is 0 Å². The van der Waals surface area contributed by atoms with Gasteiger partial charge in [0.2, 0.25) is 0 Å². The Morgan fingerprint density at radius 1 is 1.53 bits per heavy atom. The number of carbonyl (C=O) groups excluding carboxylic acids is 1. The number of nitrogens with zero attached hydrogens (tertiary/aromatic N) is 2. The predicted molar refractivity (Wildman–Crippen MR) is 52.5 cm³/mol. The molecule has 0 aromatic carbocycles. The minimum atomic E-state index is -1.04. The molecule has 2 amide bonds. The standard InChI is InChI=1S/C9H16N2O4/c1-9(15)3-4-11(6-9)8(14)10(2)5-7(12)13/h15H,3-6H2,1-2H3,(H,12,13). The second kappa shape index (κ2) is 4.06. The highest BCUT2D eigenvalue weighted by atomic mass is 16.4. The Morgan fingerprint density at radius 2 is 2.13 bits per heavy atom. The van der Waals surface area contributed by atoms with Crippen molar-refractivity contribution >= 4 is 12.0 Å². The van der Waals surface area contributed by atoms with Crippen LogP contribution >= 0.6 is 0 Å². The molecule has 1 aliphatic rings. The normalized spacial score (nSPS) is 25.4. The van der Waals surface area contributed by atoms with Crippen molar-refractivity contribution in [1.82, 2.24) is 9.80 Å². The largest absolute Gasteiger partial charge is 0.480 e. The molecule has 1 unspecified atom stereocenters. The van der Waals surface area contributed by atoms with E-state index in [0.29, 0.717) is 13.0 Å². The van der Waals surface area contributed by atoms with E-state index in [9.17, 15) is 14.7 Å². The van der Waals surface area contributed by atoms with Crippen molar-refractivity contribution in [2.75, 3.05) is 26.7 Å². The fourth-order valence-electron chi connectivity index (χ4n) is 1.62. The Kier molecular flexibility index (Phi) is 3.18. The summed E-state index contributed by atoms with van der Waals surface area (Å²) in [7, 11) is 1.43. The molecule has 0 aromatic heterocycles. The van der Waals surface area contributed by atoms with Gasteiger partial charge < -0.3 is 20.0 Å². The van der Waals surface area contributed by atoms with Crippen molar-refractivity contribution in [2.45, 2.75) is 18.9 Å². The van der Waals surface area contributed by atoms with Gasteiger partial charge in [-0.25, -0.2) is 4.79 Å². The van der Waals surface area contributed by atoms with Gasteiger partial charge in [-0.2, -0.15) is 0 Å². The fraction of sp³-hybridized carbons (Fsp3) is 0.778. The second-order valence-corrected chi connectivity index (χ2v) is 4.20. The van der Waals surface area contributed by atoms with Crippen LogP contribution in [0.1, 0.15) is 13.3 Å². The molecule has 1 saturated heterocycles. The lowest BCUT2D eigenvalue weighted by Gasteiger charge is -2.24. The van der Waals surface area contributed by atoms with E-state index in [1.807, 2.05) is 0 Å². The van der Waals surface area contributed by atoms with Crippen molar-refractivity contribution < 1.29 is 19.8 Å². The van der Waals surface area contributed by atoms with E-state index in [4.69, 9.17) is 5.11 Å². The van der Waals surface area contributed by atoms with Gasteiger partial charge >= 0.3 is 12.0 Å². The van der Waals surface area contributed by atoms with Crippen LogP contribution in [0.15, 0.2) is 0 Å². The van der Waals surface area contributed by atoms with E-state index in [0.717, 1.165) is 4.90 Å². The number of carboxylic acids is 1. The maximum Gasteiger partial charge on any atom is 0.323 e. The van der Waals surface area contributed by atoms with Gasteiger partial charge in [-0.05, 0) is 13.3 Å². The molecule has 15 heavy (non-hydrogen) atoms. The molecular weight excluding hydrogens is 200 g/mol. The van der Waals surface area contributed by atoms with Crippen LogP contribution in [-0.2, 0) is 4.79 Å². The smallest absolute Gasteiger partial charge is 0.323 e. The Morgan fingerprint density at radius 3 is 2.53 bits per heavy atom. The van der Waals surface area contributed by atoms with Gasteiger partial charge in [-0.15, -0.1) is 0 Å². The van der Waals surface area contributed by atoms with Crippen LogP contribution in [-0.4, -0.2) is 64.3 Å². The molecule has 1 rings (SSSR count). The van der Waals surface area contributed by atoms with Gasteiger partial charge in [0.1, 0.15) is 6.54 Å². The summed E-state index contributed by atoms with van der Waals surface area (Å²) < 4.78 is 0. The first-order chi connectivity index (χ1) is 6.82. The monoisotopic (exact) mass is 216 g/mol. The first-order valence-corrected chi connectivity index (χ1v) is 4.76. The number of likely N-dealkylation sites (tertiary alicyclic amines) is 1. The van der Waals surface area contributed by atoms with Crippen LogP contribution < -0.4 is 0 Å². The Labute approximate surface area is 88.1 Å². The number of hydrogen-bond acceptors (Lipinski definition) is 3. The highest BCUT2D eigenvalue weighted by Crippen LogP contribution is 2.20. The van der Waals surface area contributed by atoms with Crippen LogP contribution in [0, 0.1) is 0 Å². The predicted octanol–water partition coefficient (Wildman–Crippen LogP) is -0.420. The Balaban J connectivity index is 2.51. The Bertz CT molecular complexity index is 277. The zero-order valence-electron chi connectivity index (χ0n) is 8.93. The molecule has 1 heterocycles. The molecular formula is C9H16N2O4. The van der Waals surface area contributed by atoms with Gasteiger partial charge in [0.25, 0.3) is 0 Å². The minimum absolute atomic E-state index is 0.260. The van der Waals surface area contributed by atoms with Gasteiger partial charge in [0.15, 0.2) is 0 Å². The summed E-state index contributed by atoms with van der Waals surface area (Å²) in [6, 6.07) is -0.352. The first-order valence-electron chi connectivity index (χ1n) is 4.76. The number of urea groups is 1. The minimum Gasteiger partial charge on any atom is -0.480 e. The molecule has 6 heteroatoms. The van der Waals surface area contributed by atoms with Gasteiger partial charge in [0, 0.05) is 13.6 Å². The highest BCUT2D eigenvalue weighted by molar-refractivity contribution is 5.80. The number of carboxylic acid groups (broad SMARTS) is 1. The molecule has 2 N–H and O–H groups in total. The molecule has 0 saturated carbocycles. The highest BCUT2D eigenvalue weighted by Gasteiger charge is 2.35. The van der Waals surface area contributed by atoms with E-state index < -0.39 is 11.6 Å². The van der Waals surface area contributed by atoms with Crippen LogP contribution in [0.25, 0.3) is 0 Å². The topological polar surface area (TPSA) is 81.1 Å². The summed E-state index contributed by atoms with van der Waals surface area (Å²) >= 11 is 0. The number of likely N-dealkylation sites (N-methyl/N-ethyl adjacent to an activating group) is 1. The van der Waals surface area contributed by atoms with Crippen molar-refractivity contribution in [3.05, 3.63) is 0 Å². The lowest BCUT2D eigenvalue weighted by molar-refractivity contribution is -0.137. The van der Waals surface area contributed by atoms with E-state index in [2.05, 4.69) is 0 Å². The number of hydrogen-bond donors (Lipinski definition) is 2. The summed E-state index contributed by atoms with van der Waals surface area (Å²) in [5.74, 6) is -1.04. The van der Waals surface area contributed by atoms with Crippen LogP contribution in [0.5, 0.6) is 0 Å². The summed E-state index contributed by atoms with van der Waals surface area (Å²) in [5, 5.41) is 18.2. The molecule has 6 nitrogen and oxygen atoms in total. The van der Waals surface area contributed by atoms with Crippen molar-refractivity contribution in [3.8, 4) is 0 Å². The maximum absolute atomic E-state index is 11.6. The Hall–Kier alpha value is -1.30. The summed E-state index contributed by atoms with van der Waals surface area (Å²) in [5.41, 5.74) is -0.847. The molecule has 1 aliphatic heterocycles. The SMILES string of the molecule is CN(CC(=O)O)C(=O)N1CCC(C)(O)C1. The van der Waals surface area contributed by atoms with Crippen LogP contribution in [0.2, 0.25) is 0 Å². The number of β-amino-alcohol motifs (C(OH)–C–C–N with tert-alkyl or cyclic N) is 1. The van der Waals surface area contributed by atoms with E-state index in [1.165, 1.54) is 11.9 Å². The van der Waals surface area contributed by atoms with E-state index >= 15 is 0 Å². The lowest BCUT2D eigenvalue weighted by Crippen LogP contribution is -2.43. The van der Waals surface area contributed by atoms with Crippen molar-refractivity contribution in [3.63, 3.8) is 0 Å². The van der Waals surface area contributed by atoms with Crippen molar-refractivity contribution in [1.29, 1.82) is 0 Å². The molecule has 0 aliphatic carbocycles. The summed E-state index contributed by atoms with van der Waals surface area (Å²) in [6.45, 7) is 2.07. The average Bonchev–Trinajstić information content (AvgIpc) is 2.43. The molecule has 0 spiro atoms. The second-order valence-electron chi connectivity index (χ2n) is 4.20. The van der Waals surface area contributed by atoms with Crippen LogP contribution in [0.4, 0.5) is 4.79 Å². The zero-order valence-corrected chi connectivity index (χ0v) is 8.93. The fourth-order valence-corrected chi connectivity index (χ4v) is 1.62.